The van der Waals surface area contributed by atoms with E-state index in [0.717, 1.165) is 4.90 Å². The monoisotopic (exact) mass is 414 g/mol. The van der Waals surface area contributed by atoms with Crippen molar-refractivity contribution in [2.24, 2.45) is 0 Å². The van der Waals surface area contributed by atoms with Gasteiger partial charge in [-0.15, -0.1) is 0 Å². The Morgan fingerprint density at radius 3 is 2.50 bits per heavy atom. The number of nitrogens with one attached hydrogen (secondary N) is 1. The summed E-state index contributed by atoms with van der Waals surface area (Å²) >= 11 is 0. The van der Waals surface area contributed by atoms with E-state index in [9.17, 15) is 19.2 Å². The predicted molar refractivity (Wildman–Crippen MR) is 107 cm³/mol. The van der Waals surface area contributed by atoms with Gasteiger partial charge in [0.15, 0.2) is 0 Å². The summed E-state index contributed by atoms with van der Waals surface area (Å²) in [4.78, 5) is 52.6. The Morgan fingerprint density at radius 1 is 1.17 bits per heavy atom. The number of piperidine rings is 1. The molecule has 30 heavy (non-hydrogen) atoms. The van der Waals surface area contributed by atoms with E-state index in [0.29, 0.717) is 39.0 Å². The van der Waals surface area contributed by atoms with Gasteiger partial charge in [0, 0.05) is 32.5 Å². The van der Waals surface area contributed by atoms with Crippen LogP contribution in [-0.2, 0) is 14.3 Å². The third-order valence-corrected chi connectivity index (χ3v) is 6.16. The second kappa shape index (κ2) is 7.97. The molecule has 1 unspecified atom stereocenters. The number of carbonyl (C=O) groups excluding carboxylic acids is 4. The largest absolute Gasteiger partial charge is 0.441 e. The van der Waals surface area contributed by atoms with Crippen LogP contribution >= 0.6 is 0 Å². The highest BCUT2D eigenvalue weighted by Crippen LogP contribution is 2.34. The SMILES string of the molecule is CC(CN1CC2(CCN(C(=O)CN3C(=O)CNC3=O)CC2)OC1=O)c1ccccc1. The Bertz CT molecular complexity index is 834. The smallest absolute Gasteiger partial charge is 0.410 e. The molecule has 1 aromatic carbocycles. The molecule has 0 bridgehead atoms. The highest BCUT2D eigenvalue weighted by molar-refractivity contribution is 6.04. The van der Waals surface area contributed by atoms with Gasteiger partial charge in [0.1, 0.15) is 12.1 Å². The minimum absolute atomic E-state index is 0.0670. The van der Waals surface area contributed by atoms with Crippen molar-refractivity contribution >= 4 is 23.9 Å². The van der Waals surface area contributed by atoms with Crippen molar-refractivity contribution in [2.45, 2.75) is 31.3 Å². The Morgan fingerprint density at radius 2 is 1.87 bits per heavy atom. The van der Waals surface area contributed by atoms with Crippen LogP contribution < -0.4 is 5.32 Å². The number of hydrogen-bond donors (Lipinski definition) is 1. The van der Waals surface area contributed by atoms with E-state index < -0.39 is 17.5 Å². The van der Waals surface area contributed by atoms with Crippen LogP contribution in [0.3, 0.4) is 0 Å². The second-order valence-electron chi connectivity index (χ2n) is 8.26. The number of nitrogens with zero attached hydrogens (tertiary/aromatic N) is 3. The minimum atomic E-state index is -0.578. The van der Waals surface area contributed by atoms with Crippen molar-refractivity contribution in [1.82, 2.24) is 20.0 Å². The molecule has 9 heteroatoms. The van der Waals surface area contributed by atoms with Gasteiger partial charge in [0.2, 0.25) is 5.91 Å². The summed E-state index contributed by atoms with van der Waals surface area (Å²) in [5.74, 6) is -0.469. The van der Waals surface area contributed by atoms with E-state index in [1.807, 2.05) is 18.2 Å². The number of amides is 5. The van der Waals surface area contributed by atoms with E-state index in [2.05, 4.69) is 24.4 Å². The summed E-state index contributed by atoms with van der Waals surface area (Å²) in [6.07, 6.45) is 0.777. The first-order valence-electron chi connectivity index (χ1n) is 10.3. The van der Waals surface area contributed by atoms with Gasteiger partial charge in [0.05, 0.1) is 13.1 Å². The molecule has 5 amide bonds. The highest BCUT2D eigenvalue weighted by Gasteiger charge is 2.48. The highest BCUT2D eigenvalue weighted by atomic mass is 16.6. The van der Waals surface area contributed by atoms with E-state index >= 15 is 0 Å². The first-order valence-corrected chi connectivity index (χ1v) is 10.3. The predicted octanol–water partition coefficient (Wildman–Crippen LogP) is 1.16. The number of imide groups is 1. The molecule has 160 valence electrons. The maximum absolute atomic E-state index is 12.5. The van der Waals surface area contributed by atoms with Gasteiger partial charge in [-0.3, -0.25) is 14.5 Å². The third kappa shape index (κ3) is 3.96. The fraction of sp³-hybridized carbons (Fsp3) is 0.524. The van der Waals surface area contributed by atoms with Gasteiger partial charge >= 0.3 is 12.1 Å². The van der Waals surface area contributed by atoms with Gasteiger partial charge in [-0.1, -0.05) is 37.3 Å². The zero-order valence-corrected chi connectivity index (χ0v) is 17.0. The van der Waals surface area contributed by atoms with E-state index in [-0.39, 0.29) is 31.0 Å². The fourth-order valence-electron chi connectivity index (χ4n) is 4.33. The van der Waals surface area contributed by atoms with Crippen molar-refractivity contribution in [3.63, 3.8) is 0 Å². The molecule has 1 atom stereocenters. The number of likely N-dealkylation sites (tertiary alicyclic amines) is 1. The summed E-state index contributed by atoms with van der Waals surface area (Å²) in [5.41, 5.74) is 0.595. The normalized spacial score (nSPS) is 21.8. The van der Waals surface area contributed by atoms with E-state index in [4.69, 9.17) is 4.74 Å². The molecule has 4 rings (SSSR count). The van der Waals surface area contributed by atoms with Crippen molar-refractivity contribution in [3.05, 3.63) is 35.9 Å². The van der Waals surface area contributed by atoms with Crippen LogP contribution in [0.4, 0.5) is 9.59 Å². The summed E-state index contributed by atoms with van der Waals surface area (Å²) in [6.45, 7) is 3.72. The number of benzene rings is 1. The zero-order valence-electron chi connectivity index (χ0n) is 17.0. The van der Waals surface area contributed by atoms with Crippen LogP contribution in [0.5, 0.6) is 0 Å². The lowest BCUT2D eigenvalue weighted by molar-refractivity contribution is -0.139. The summed E-state index contributed by atoms with van der Waals surface area (Å²) in [7, 11) is 0. The molecule has 3 heterocycles. The van der Waals surface area contributed by atoms with Crippen molar-refractivity contribution in [3.8, 4) is 0 Å². The number of carbonyl (C=O) groups is 4. The number of rotatable bonds is 5. The van der Waals surface area contributed by atoms with Crippen LogP contribution in [0, 0.1) is 0 Å². The maximum Gasteiger partial charge on any atom is 0.410 e. The first-order chi connectivity index (χ1) is 14.4. The average molecular weight is 414 g/mol. The second-order valence-corrected chi connectivity index (χ2v) is 8.26. The van der Waals surface area contributed by atoms with Gasteiger partial charge in [-0.25, -0.2) is 9.59 Å². The summed E-state index contributed by atoms with van der Waals surface area (Å²) in [6, 6.07) is 9.52. The molecule has 3 fully saturated rings. The molecular formula is C21H26N4O5. The molecule has 1 N–H and O–H groups in total. The number of ether oxygens (including phenoxy) is 1. The van der Waals surface area contributed by atoms with Crippen molar-refractivity contribution in [2.75, 3.05) is 39.3 Å². The minimum Gasteiger partial charge on any atom is -0.441 e. The van der Waals surface area contributed by atoms with Crippen LogP contribution in [-0.4, -0.2) is 83.5 Å². The van der Waals surface area contributed by atoms with E-state index in [1.165, 1.54) is 5.56 Å². The molecule has 0 saturated carbocycles. The molecule has 1 aromatic rings. The fourth-order valence-corrected chi connectivity index (χ4v) is 4.33. The van der Waals surface area contributed by atoms with Gasteiger partial charge in [0.25, 0.3) is 5.91 Å². The molecule has 9 nitrogen and oxygen atoms in total. The van der Waals surface area contributed by atoms with Crippen molar-refractivity contribution in [1.29, 1.82) is 0 Å². The van der Waals surface area contributed by atoms with E-state index in [1.54, 1.807) is 9.80 Å². The van der Waals surface area contributed by atoms with Crippen LogP contribution in [0.25, 0.3) is 0 Å². The number of hydrogen-bond acceptors (Lipinski definition) is 5. The molecule has 0 radical (unpaired) electrons. The lowest BCUT2D eigenvalue weighted by Gasteiger charge is -2.37. The molecule has 0 aliphatic carbocycles. The quantitative estimate of drug-likeness (QED) is 0.729. The Labute approximate surface area is 174 Å². The standard InChI is InChI=1S/C21H26N4O5/c1-15(16-5-3-2-4-6-16)12-24-14-21(30-20(24)29)7-9-23(10-8-21)18(27)13-25-17(26)11-22-19(25)28/h2-6,15H,7-14H2,1H3,(H,22,28). The Balaban J connectivity index is 1.31. The zero-order chi connectivity index (χ0) is 21.3. The summed E-state index contributed by atoms with van der Waals surface area (Å²) in [5, 5.41) is 2.41. The Kier molecular flexibility index (Phi) is 5.36. The van der Waals surface area contributed by atoms with Gasteiger partial charge in [-0.05, 0) is 11.5 Å². The summed E-state index contributed by atoms with van der Waals surface area (Å²) < 4.78 is 5.76. The molecule has 0 aromatic heterocycles. The van der Waals surface area contributed by atoms with Crippen molar-refractivity contribution < 1.29 is 23.9 Å². The molecule has 3 saturated heterocycles. The lowest BCUT2D eigenvalue weighted by Crippen LogP contribution is -2.51. The lowest BCUT2D eigenvalue weighted by atomic mass is 9.91. The Hall–Kier alpha value is -3.10. The van der Waals surface area contributed by atoms with Gasteiger partial charge in [-0.2, -0.15) is 0 Å². The third-order valence-electron chi connectivity index (χ3n) is 6.16. The van der Waals surface area contributed by atoms with Crippen LogP contribution in [0.2, 0.25) is 0 Å². The maximum atomic E-state index is 12.5. The van der Waals surface area contributed by atoms with Crippen LogP contribution in [0.15, 0.2) is 30.3 Å². The molecule has 3 aliphatic heterocycles. The average Bonchev–Trinajstić information content (AvgIpc) is 3.22. The topological polar surface area (TPSA) is 99.3 Å². The molecule has 1 spiro atoms. The van der Waals surface area contributed by atoms with Crippen LogP contribution in [0.1, 0.15) is 31.2 Å². The molecule has 3 aliphatic rings. The number of urea groups is 1. The van der Waals surface area contributed by atoms with Gasteiger partial charge < -0.3 is 19.9 Å². The first kappa shape index (κ1) is 20.2. The molecular weight excluding hydrogens is 388 g/mol.